The highest BCUT2D eigenvalue weighted by molar-refractivity contribution is 6.17. The summed E-state index contributed by atoms with van der Waals surface area (Å²) in [5.41, 5.74) is 0. The number of amides is 1. The van der Waals surface area contributed by atoms with Crippen LogP contribution in [0.4, 0.5) is 0 Å². The molecule has 0 aliphatic carbocycles. The minimum absolute atomic E-state index is 0.108. The first-order valence-corrected chi connectivity index (χ1v) is 5.77. The zero-order chi connectivity index (χ0) is 10.2. The topological polar surface area (TPSA) is 38.3 Å². The van der Waals surface area contributed by atoms with Crippen molar-refractivity contribution < 1.29 is 9.53 Å². The summed E-state index contributed by atoms with van der Waals surface area (Å²) >= 11 is 5.49. The smallest absolute Gasteiger partial charge is 0.220 e. The van der Waals surface area contributed by atoms with Gasteiger partial charge >= 0.3 is 0 Å². The molecule has 1 unspecified atom stereocenters. The van der Waals surface area contributed by atoms with Crippen molar-refractivity contribution in [2.45, 2.75) is 25.7 Å². The molecule has 1 atom stereocenters. The van der Waals surface area contributed by atoms with E-state index in [2.05, 4.69) is 5.32 Å². The van der Waals surface area contributed by atoms with Gasteiger partial charge in [0.1, 0.15) is 0 Å². The van der Waals surface area contributed by atoms with E-state index >= 15 is 0 Å². The van der Waals surface area contributed by atoms with Gasteiger partial charge in [0.05, 0.1) is 6.61 Å². The quantitative estimate of drug-likeness (QED) is 0.713. The molecule has 0 spiro atoms. The summed E-state index contributed by atoms with van der Waals surface area (Å²) in [6, 6.07) is 0. The molecule has 1 amide bonds. The second-order valence-corrected chi connectivity index (χ2v) is 4.06. The Bertz CT molecular complexity index is 170. The highest BCUT2D eigenvalue weighted by Crippen LogP contribution is 2.12. The maximum absolute atomic E-state index is 11.2. The molecule has 1 aliphatic heterocycles. The molecule has 0 aromatic heterocycles. The van der Waals surface area contributed by atoms with E-state index in [4.69, 9.17) is 16.3 Å². The molecular weight excluding hydrogens is 202 g/mol. The van der Waals surface area contributed by atoms with E-state index < -0.39 is 0 Å². The number of ether oxygens (including phenoxy) is 1. The van der Waals surface area contributed by atoms with E-state index in [0.29, 0.717) is 18.2 Å². The van der Waals surface area contributed by atoms with E-state index in [-0.39, 0.29) is 5.91 Å². The van der Waals surface area contributed by atoms with Crippen molar-refractivity contribution in [1.29, 1.82) is 0 Å². The van der Waals surface area contributed by atoms with Crippen LogP contribution < -0.4 is 5.32 Å². The lowest BCUT2D eigenvalue weighted by atomic mass is 10.0. The first kappa shape index (κ1) is 11.8. The molecule has 0 aromatic carbocycles. The number of hydrogen-bond donors (Lipinski definition) is 1. The van der Waals surface area contributed by atoms with Crippen molar-refractivity contribution in [3.05, 3.63) is 0 Å². The summed E-state index contributed by atoms with van der Waals surface area (Å²) in [7, 11) is 0. The van der Waals surface area contributed by atoms with Gasteiger partial charge in [-0.1, -0.05) is 0 Å². The monoisotopic (exact) mass is 219 g/mol. The molecule has 14 heavy (non-hydrogen) atoms. The molecule has 0 bridgehead atoms. The van der Waals surface area contributed by atoms with Crippen LogP contribution in [0.15, 0.2) is 0 Å². The fourth-order valence-corrected chi connectivity index (χ4v) is 1.68. The van der Waals surface area contributed by atoms with E-state index in [1.54, 1.807) is 0 Å². The number of rotatable bonds is 5. The van der Waals surface area contributed by atoms with Gasteiger partial charge in [-0.2, -0.15) is 0 Å². The molecule has 1 saturated heterocycles. The van der Waals surface area contributed by atoms with Crippen LogP contribution in [0, 0.1) is 5.92 Å². The summed E-state index contributed by atoms with van der Waals surface area (Å²) in [6.07, 6.45) is 3.57. The highest BCUT2D eigenvalue weighted by Gasteiger charge is 2.14. The maximum atomic E-state index is 11.2. The Morgan fingerprint density at radius 1 is 1.57 bits per heavy atom. The maximum Gasteiger partial charge on any atom is 0.220 e. The van der Waals surface area contributed by atoms with Gasteiger partial charge in [-0.05, 0) is 25.2 Å². The Hall–Kier alpha value is -0.280. The SMILES string of the molecule is O=C(CCCCl)NCC1CCCOC1. The van der Waals surface area contributed by atoms with Gasteiger partial charge in [0.2, 0.25) is 5.91 Å². The van der Waals surface area contributed by atoms with E-state index in [9.17, 15) is 4.79 Å². The van der Waals surface area contributed by atoms with Gasteiger partial charge in [-0.25, -0.2) is 0 Å². The van der Waals surface area contributed by atoms with Crippen LogP contribution in [0.5, 0.6) is 0 Å². The van der Waals surface area contributed by atoms with E-state index in [0.717, 1.165) is 39.0 Å². The molecule has 4 heteroatoms. The Balaban J connectivity index is 2.03. The summed E-state index contributed by atoms with van der Waals surface area (Å²) in [6.45, 7) is 2.41. The van der Waals surface area contributed by atoms with Crippen LogP contribution in [0.3, 0.4) is 0 Å². The first-order valence-electron chi connectivity index (χ1n) is 5.23. The number of nitrogens with one attached hydrogen (secondary N) is 1. The van der Waals surface area contributed by atoms with Gasteiger partial charge in [0.15, 0.2) is 0 Å². The van der Waals surface area contributed by atoms with E-state index in [1.807, 2.05) is 0 Å². The van der Waals surface area contributed by atoms with Crippen molar-refractivity contribution in [3.8, 4) is 0 Å². The van der Waals surface area contributed by atoms with Crippen LogP contribution in [0.1, 0.15) is 25.7 Å². The molecule has 0 radical (unpaired) electrons. The second kappa shape index (κ2) is 7.07. The third kappa shape index (κ3) is 4.82. The van der Waals surface area contributed by atoms with Crippen molar-refractivity contribution >= 4 is 17.5 Å². The molecule has 1 heterocycles. The van der Waals surface area contributed by atoms with Gasteiger partial charge in [0, 0.05) is 25.5 Å². The van der Waals surface area contributed by atoms with E-state index in [1.165, 1.54) is 0 Å². The molecule has 82 valence electrons. The third-order valence-corrected chi connectivity index (χ3v) is 2.65. The lowest BCUT2D eigenvalue weighted by Crippen LogP contribution is -2.33. The molecule has 1 aliphatic rings. The number of hydrogen-bond acceptors (Lipinski definition) is 2. The van der Waals surface area contributed by atoms with Crippen molar-refractivity contribution in [2.24, 2.45) is 5.92 Å². The van der Waals surface area contributed by atoms with Crippen LogP contribution in [-0.4, -0.2) is 31.5 Å². The molecular formula is C10H18ClNO2. The molecule has 0 saturated carbocycles. The lowest BCUT2D eigenvalue weighted by Gasteiger charge is -2.22. The fraction of sp³-hybridized carbons (Fsp3) is 0.900. The lowest BCUT2D eigenvalue weighted by molar-refractivity contribution is -0.121. The van der Waals surface area contributed by atoms with Crippen molar-refractivity contribution in [3.63, 3.8) is 0 Å². The molecule has 1 rings (SSSR count). The number of alkyl halides is 1. The number of halogens is 1. The molecule has 1 fully saturated rings. The predicted molar refractivity (Wildman–Crippen MR) is 56.5 cm³/mol. The Morgan fingerprint density at radius 3 is 3.07 bits per heavy atom. The van der Waals surface area contributed by atoms with Crippen LogP contribution in [0.2, 0.25) is 0 Å². The van der Waals surface area contributed by atoms with Gasteiger partial charge in [-0.15, -0.1) is 11.6 Å². The zero-order valence-corrected chi connectivity index (χ0v) is 9.18. The Labute approximate surface area is 90.1 Å². The average Bonchev–Trinajstić information content (AvgIpc) is 2.25. The normalized spacial score (nSPS) is 21.9. The van der Waals surface area contributed by atoms with Crippen LogP contribution in [-0.2, 0) is 9.53 Å². The Kier molecular flexibility index (Phi) is 5.96. The summed E-state index contributed by atoms with van der Waals surface area (Å²) in [5.74, 6) is 1.17. The predicted octanol–water partition coefficient (Wildman–Crippen LogP) is 1.55. The van der Waals surface area contributed by atoms with Gasteiger partial charge in [0.25, 0.3) is 0 Å². The van der Waals surface area contributed by atoms with Gasteiger partial charge in [-0.3, -0.25) is 4.79 Å². The minimum Gasteiger partial charge on any atom is -0.381 e. The average molecular weight is 220 g/mol. The van der Waals surface area contributed by atoms with Crippen LogP contribution >= 0.6 is 11.6 Å². The largest absolute Gasteiger partial charge is 0.381 e. The van der Waals surface area contributed by atoms with Crippen LogP contribution in [0.25, 0.3) is 0 Å². The second-order valence-electron chi connectivity index (χ2n) is 3.68. The zero-order valence-electron chi connectivity index (χ0n) is 8.43. The first-order chi connectivity index (χ1) is 6.83. The molecule has 1 N–H and O–H groups in total. The number of carbonyl (C=O) groups excluding carboxylic acids is 1. The fourth-order valence-electron chi connectivity index (χ4n) is 1.54. The van der Waals surface area contributed by atoms with Crippen molar-refractivity contribution in [1.82, 2.24) is 5.32 Å². The summed E-state index contributed by atoms with van der Waals surface area (Å²) < 4.78 is 5.32. The number of carbonyl (C=O) groups is 1. The molecule has 0 aromatic rings. The standard InChI is InChI=1S/C10H18ClNO2/c11-5-1-4-10(13)12-7-9-3-2-6-14-8-9/h9H,1-8H2,(H,12,13). The minimum atomic E-state index is 0.108. The Morgan fingerprint density at radius 2 is 2.43 bits per heavy atom. The highest BCUT2D eigenvalue weighted by atomic mass is 35.5. The third-order valence-electron chi connectivity index (χ3n) is 2.38. The van der Waals surface area contributed by atoms with Crippen molar-refractivity contribution in [2.75, 3.05) is 25.6 Å². The summed E-state index contributed by atoms with van der Waals surface area (Å²) in [4.78, 5) is 11.2. The molecule has 3 nitrogen and oxygen atoms in total. The summed E-state index contributed by atoms with van der Waals surface area (Å²) in [5, 5.41) is 2.91. The van der Waals surface area contributed by atoms with Gasteiger partial charge < -0.3 is 10.1 Å².